The van der Waals surface area contributed by atoms with Crippen molar-refractivity contribution in [1.29, 1.82) is 0 Å². The molecule has 5 nitrogen and oxygen atoms in total. The highest BCUT2D eigenvalue weighted by Crippen LogP contribution is 2.32. The predicted octanol–water partition coefficient (Wildman–Crippen LogP) is 4.08. The molecule has 1 heterocycles. The number of Topliss-reactive ketones (excluding diaryl/α,β-unsaturated/α-hetero) is 1. The van der Waals surface area contributed by atoms with Gasteiger partial charge in [0.2, 0.25) is 10.0 Å². The van der Waals surface area contributed by atoms with Gasteiger partial charge in [0.25, 0.3) is 0 Å². The molecule has 0 N–H and O–H groups in total. The van der Waals surface area contributed by atoms with Crippen molar-refractivity contribution in [2.45, 2.75) is 6.42 Å². The van der Waals surface area contributed by atoms with Crippen molar-refractivity contribution in [3.8, 4) is 5.75 Å². The second-order valence-corrected chi connectivity index (χ2v) is 9.05. The van der Waals surface area contributed by atoms with E-state index in [1.807, 2.05) is 24.3 Å². The quantitative estimate of drug-likeness (QED) is 0.589. The van der Waals surface area contributed by atoms with Crippen LogP contribution in [0.15, 0.2) is 54.6 Å². The Hall–Kier alpha value is -2.57. The summed E-state index contributed by atoms with van der Waals surface area (Å²) >= 11 is 6.22. The van der Waals surface area contributed by atoms with Gasteiger partial charge < -0.3 is 4.74 Å². The van der Waals surface area contributed by atoms with Crippen LogP contribution in [0.4, 0.5) is 5.69 Å². The SMILES string of the molecule is CS(=O)(=O)N1CCc2cc(C(=O)COc3ccc(Cl)c4ccccc34)ccc21. The van der Waals surface area contributed by atoms with Crippen LogP contribution >= 0.6 is 11.6 Å². The van der Waals surface area contributed by atoms with Crippen LogP contribution in [0.25, 0.3) is 10.8 Å². The molecule has 0 aliphatic carbocycles. The number of carbonyl (C=O) groups excluding carboxylic acids is 1. The van der Waals surface area contributed by atoms with Gasteiger partial charge in [-0.15, -0.1) is 0 Å². The number of anilines is 1. The second kappa shape index (κ2) is 7.11. The molecule has 0 atom stereocenters. The Morgan fingerprint density at radius 1 is 1.11 bits per heavy atom. The predicted molar refractivity (Wildman–Crippen MR) is 111 cm³/mol. The number of hydrogen-bond donors (Lipinski definition) is 0. The van der Waals surface area contributed by atoms with Gasteiger partial charge in [0.15, 0.2) is 12.4 Å². The first-order valence-corrected chi connectivity index (χ1v) is 11.0. The highest BCUT2D eigenvalue weighted by molar-refractivity contribution is 7.92. The van der Waals surface area contributed by atoms with Crippen molar-refractivity contribution in [3.05, 3.63) is 70.7 Å². The van der Waals surface area contributed by atoms with E-state index in [2.05, 4.69) is 0 Å². The van der Waals surface area contributed by atoms with Gasteiger partial charge in [-0.1, -0.05) is 35.9 Å². The lowest BCUT2D eigenvalue weighted by Crippen LogP contribution is -2.27. The lowest BCUT2D eigenvalue weighted by molar-refractivity contribution is 0.0922. The molecule has 0 radical (unpaired) electrons. The number of halogens is 1. The first-order chi connectivity index (χ1) is 13.3. The molecule has 1 aliphatic heterocycles. The van der Waals surface area contributed by atoms with Gasteiger partial charge in [-0.05, 0) is 42.3 Å². The molecule has 3 aromatic carbocycles. The van der Waals surface area contributed by atoms with E-state index in [4.69, 9.17) is 16.3 Å². The fraction of sp³-hybridized carbons (Fsp3) is 0.190. The van der Waals surface area contributed by atoms with Crippen LogP contribution < -0.4 is 9.04 Å². The molecular weight excluding hydrogens is 398 g/mol. The Balaban J connectivity index is 1.54. The van der Waals surface area contributed by atoms with E-state index in [1.165, 1.54) is 10.6 Å². The zero-order chi connectivity index (χ0) is 19.9. The number of ketones is 1. The summed E-state index contributed by atoms with van der Waals surface area (Å²) in [7, 11) is -3.31. The Morgan fingerprint density at radius 3 is 2.61 bits per heavy atom. The summed E-state index contributed by atoms with van der Waals surface area (Å²) in [5, 5.41) is 2.34. The molecule has 144 valence electrons. The van der Waals surface area contributed by atoms with Crippen molar-refractivity contribution in [3.63, 3.8) is 0 Å². The normalized spacial score (nSPS) is 13.6. The molecule has 0 saturated carbocycles. The van der Waals surface area contributed by atoms with Gasteiger partial charge in [-0.25, -0.2) is 8.42 Å². The molecule has 3 aromatic rings. The minimum absolute atomic E-state index is 0.111. The first-order valence-electron chi connectivity index (χ1n) is 8.78. The lowest BCUT2D eigenvalue weighted by atomic mass is 10.1. The van der Waals surface area contributed by atoms with Crippen molar-refractivity contribution in [2.24, 2.45) is 0 Å². The number of hydrogen-bond acceptors (Lipinski definition) is 4. The van der Waals surface area contributed by atoms with E-state index < -0.39 is 10.0 Å². The molecule has 1 aliphatic rings. The van der Waals surface area contributed by atoms with Crippen LogP contribution in [0.3, 0.4) is 0 Å². The third-order valence-electron chi connectivity index (χ3n) is 4.84. The smallest absolute Gasteiger partial charge is 0.232 e. The van der Waals surface area contributed by atoms with E-state index in [1.54, 1.807) is 30.3 Å². The second-order valence-electron chi connectivity index (χ2n) is 6.73. The number of nitrogens with zero attached hydrogens (tertiary/aromatic N) is 1. The molecule has 0 spiro atoms. The van der Waals surface area contributed by atoms with Gasteiger partial charge >= 0.3 is 0 Å². The highest BCUT2D eigenvalue weighted by atomic mass is 35.5. The maximum absolute atomic E-state index is 12.6. The van der Waals surface area contributed by atoms with E-state index in [9.17, 15) is 13.2 Å². The van der Waals surface area contributed by atoms with Gasteiger partial charge in [0.1, 0.15) is 5.75 Å². The highest BCUT2D eigenvalue weighted by Gasteiger charge is 2.26. The number of rotatable bonds is 5. The maximum Gasteiger partial charge on any atom is 0.232 e. The zero-order valence-corrected chi connectivity index (χ0v) is 16.8. The lowest BCUT2D eigenvalue weighted by Gasteiger charge is -2.16. The summed E-state index contributed by atoms with van der Waals surface area (Å²) in [4.78, 5) is 12.6. The monoisotopic (exact) mass is 415 g/mol. The molecular formula is C21H18ClNO4S. The molecule has 0 fully saturated rings. The largest absolute Gasteiger partial charge is 0.485 e. The number of carbonyl (C=O) groups is 1. The molecule has 0 aromatic heterocycles. The number of ether oxygens (including phenoxy) is 1. The van der Waals surface area contributed by atoms with Crippen LogP contribution in [0.2, 0.25) is 5.02 Å². The summed E-state index contributed by atoms with van der Waals surface area (Å²) in [6, 6.07) is 16.2. The van der Waals surface area contributed by atoms with E-state index in [0.717, 1.165) is 16.3 Å². The number of fused-ring (bicyclic) bond motifs is 2. The van der Waals surface area contributed by atoms with Crippen LogP contribution in [0.1, 0.15) is 15.9 Å². The van der Waals surface area contributed by atoms with Crippen LogP contribution in [-0.4, -0.2) is 33.6 Å². The minimum Gasteiger partial charge on any atom is -0.485 e. The molecule has 7 heteroatoms. The van der Waals surface area contributed by atoms with E-state index in [0.29, 0.717) is 35.0 Å². The average Bonchev–Trinajstić information content (AvgIpc) is 3.11. The molecule has 0 amide bonds. The fourth-order valence-corrected chi connectivity index (χ4v) is 4.66. The van der Waals surface area contributed by atoms with Crippen molar-refractivity contribution < 1.29 is 17.9 Å². The molecule has 0 bridgehead atoms. The molecule has 0 unspecified atom stereocenters. The van der Waals surface area contributed by atoms with Crippen LogP contribution in [0, 0.1) is 0 Å². The first kappa shape index (κ1) is 18.8. The third-order valence-corrected chi connectivity index (χ3v) is 6.35. The minimum atomic E-state index is -3.31. The summed E-state index contributed by atoms with van der Waals surface area (Å²) in [6.07, 6.45) is 1.78. The average molecular weight is 416 g/mol. The Bertz CT molecular complexity index is 1190. The van der Waals surface area contributed by atoms with Gasteiger partial charge in [0, 0.05) is 27.9 Å². The van der Waals surface area contributed by atoms with Crippen LogP contribution in [-0.2, 0) is 16.4 Å². The van der Waals surface area contributed by atoms with E-state index >= 15 is 0 Å². The van der Waals surface area contributed by atoms with E-state index in [-0.39, 0.29) is 12.4 Å². The summed E-state index contributed by atoms with van der Waals surface area (Å²) in [6.45, 7) is 0.291. The zero-order valence-electron chi connectivity index (χ0n) is 15.2. The van der Waals surface area contributed by atoms with Crippen molar-refractivity contribution in [1.82, 2.24) is 0 Å². The molecule has 28 heavy (non-hydrogen) atoms. The van der Waals surface area contributed by atoms with Gasteiger partial charge in [-0.3, -0.25) is 9.10 Å². The van der Waals surface area contributed by atoms with Gasteiger partial charge in [-0.2, -0.15) is 0 Å². The number of benzene rings is 3. The Morgan fingerprint density at radius 2 is 1.86 bits per heavy atom. The Kier molecular flexibility index (Phi) is 4.77. The molecule has 0 saturated heterocycles. The topological polar surface area (TPSA) is 63.7 Å². The Labute approximate surface area is 168 Å². The van der Waals surface area contributed by atoms with Crippen LogP contribution in [0.5, 0.6) is 5.75 Å². The van der Waals surface area contributed by atoms with Crippen molar-refractivity contribution >= 4 is 43.9 Å². The fourth-order valence-electron chi connectivity index (χ4n) is 3.48. The summed E-state index contributed by atoms with van der Waals surface area (Å²) < 4.78 is 30.8. The standard InChI is InChI=1S/C21H18ClNO4S/c1-28(25,26)23-11-10-14-12-15(6-8-19(14)23)20(24)13-27-21-9-7-18(22)16-4-2-3-5-17(16)21/h2-9,12H,10-11,13H2,1H3. The third kappa shape index (κ3) is 3.45. The van der Waals surface area contributed by atoms with Gasteiger partial charge in [0.05, 0.1) is 11.9 Å². The number of sulfonamides is 1. The molecule has 4 rings (SSSR count). The van der Waals surface area contributed by atoms with Crippen molar-refractivity contribution in [2.75, 3.05) is 23.7 Å². The maximum atomic E-state index is 12.6. The summed E-state index contributed by atoms with van der Waals surface area (Å²) in [5.74, 6) is 0.428. The summed E-state index contributed by atoms with van der Waals surface area (Å²) in [5.41, 5.74) is 2.00.